The standard InChI is InChI=1S/C8H12N4.CH4N2O/c1-2-10-8(11-3-1)12-6-4-9-5-7-12;2-1(3)4/h1-3,9H,4-7H2;(H4,2,3,4). The first-order valence-electron chi connectivity index (χ1n) is 4.97. The van der Waals surface area contributed by atoms with Gasteiger partial charge in [-0.15, -0.1) is 0 Å². The van der Waals surface area contributed by atoms with Gasteiger partial charge in [-0.05, 0) is 6.07 Å². The van der Waals surface area contributed by atoms with Crippen LogP contribution in [-0.2, 0) is 0 Å². The Hall–Kier alpha value is -1.89. The molecule has 7 heteroatoms. The van der Waals surface area contributed by atoms with Crippen molar-refractivity contribution in [1.82, 2.24) is 15.3 Å². The molecule has 5 N–H and O–H groups in total. The number of nitrogens with two attached hydrogens (primary N) is 2. The molecule has 0 aromatic carbocycles. The number of urea groups is 1. The smallest absolute Gasteiger partial charge is 0.309 e. The summed E-state index contributed by atoms with van der Waals surface area (Å²) in [5, 5.41) is 3.29. The van der Waals surface area contributed by atoms with Gasteiger partial charge >= 0.3 is 6.03 Å². The predicted molar refractivity (Wildman–Crippen MR) is 60.9 cm³/mol. The first kappa shape index (κ1) is 12.2. The number of hydrogen-bond donors (Lipinski definition) is 3. The predicted octanol–water partition coefficient (Wildman–Crippen LogP) is -1.09. The van der Waals surface area contributed by atoms with E-state index in [-0.39, 0.29) is 0 Å². The summed E-state index contributed by atoms with van der Waals surface area (Å²) >= 11 is 0. The Morgan fingerprint density at radius 2 is 1.75 bits per heavy atom. The Kier molecular flexibility index (Phi) is 5.00. The van der Waals surface area contributed by atoms with E-state index in [1.165, 1.54) is 0 Å². The number of rotatable bonds is 1. The maximum atomic E-state index is 9.00. The van der Waals surface area contributed by atoms with Gasteiger partial charge < -0.3 is 21.7 Å². The zero-order chi connectivity index (χ0) is 11.8. The molecule has 1 saturated heterocycles. The van der Waals surface area contributed by atoms with E-state index in [4.69, 9.17) is 4.79 Å². The first-order valence-corrected chi connectivity index (χ1v) is 4.97. The lowest BCUT2D eigenvalue weighted by atomic mass is 10.4. The van der Waals surface area contributed by atoms with Gasteiger partial charge in [0, 0.05) is 38.6 Å². The summed E-state index contributed by atoms with van der Waals surface area (Å²) in [7, 11) is 0. The first-order chi connectivity index (χ1) is 7.70. The highest BCUT2D eigenvalue weighted by molar-refractivity contribution is 5.69. The van der Waals surface area contributed by atoms with E-state index in [0.29, 0.717) is 0 Å². The van der Waals surface area contributed by atoms with E-state index in [1.807, 2.05) is 6.07 Å². The van der Waals surface area contributed by atoms with Gasteiger partial charge in [0.2, 0.25) is 5.95 Å². The third-order valence-corrected chi connectivity index (χ3v) is 1.95. The SMILES string of the molecule is NC(N)=O.c1cnc(N2CCNCC2)nc1. The minimum atomic E-state index is -0.833. The molecule has 1 aromatic heterocycles. The Morgan fingerprint density at radius 3 is 2.25 bits per heavy atom. The fourth-order valence-corrected chi connectivity index (χ4v) is 1.32. The molecule has 7 nitrogen and oxygen atoms in total. The van der Waals surface area contributed by atoms with E-state index in [1.54, 1.807) is 12.4 Å². The number of aromatic nitrogens is 2. The lowest BCUT2D eigenvalue weighted by Crippen LogP contribution is -2.44. The molecule has 2 amide bonds. The summed E-state index contributed by atoms with van der Waals surface area (Å²) in [6, 6.07) is 1.01. The number of nitrogens with zero attached hydrogens (tertiary/aromatic N) is 3. The number of nitrogens with one attached hydrogen (secondary N) is 1. The molecular weight excluding hydrogens is 208 g/mol. The van der Waals surface area contributed by atoms with E-state index >= 15 is 0 Å². The van der Waals surface area contributed by atoms with Crippen LogP contribution in [0.15, 0.2) is 18.5 Å². The summed E-state index contributed by atoms with van der Waals surface area (Å²) in [6.45, 7) is 4.06. The van der Waals surface area contributed by atoms with Crippen molar-refractivity contribution < 1.29 is 4.79 Å². The number of piperazine rings is 1. The summed E-state index contributed by atoms with van der Waals surface area (Å²) < 4.78 is 0. The molecule has 1 fully saturated rings. The normalized spacial score (nSPS) is 14.9. The average molecular weight is 224 g/mol. The van der Waals surface area contributed by atoms with Crippen LogP contribution in [0.2, 0.25) is 0 Å². The van der Waals surface area contributed by atoms with E-state index < -0.39 is 6.03 Å². The highest BCUT2D eigenvalue weighted by atomic mass is 16.2. The Bertz CT molecular complexity index is 307. The van der Waals surface area contributed by atoms with E-state index in [9.17, 15) is 0 Å². The van der Waals surface area contributed by atoms with Gasteiger partial charge in [0.1, 0.15) is 0 Å². The number of primary amides is 2. The Morgan fingerprint density at radius 1 is 1.25 bits per heavy atom. The third-order valence-electron chi connectivity index (χ3n) is 1.95. The highest BCUT2D eigenvalue weighted by Crippen LogP contribution is 2.04. The van der Waals surface area contributed by atoms with Crippen LogP contribution >= 0.6 is 0 Å². The largest absolute Gasteiger partial charge is 0.352 e. The molecule has 0 unspecified atom stereocenters. The molecule has 0 saturated carbocycles. The molecule has 1 aliphatic heterocycles. The minimum absolute atomic E-state index is 0.833. The zero-order valence-electron chi connectivity index (χ0n) is 8.97. The summed E-state index contributed by atoms with van der Waals surface area (Å²) in [5.74, 6) is 0.846. The maximum absolute atomic E-state index is 9.00. The number of carbonyl (C=O) groups is 1. The van der Waals surface area contributed by atoms with Crippen LogP contribution in [0.1, 0.15) is 0 Å². The van der Waals surface area contributed by atoms with E-state index in [0.717, 1.165) is 32.1 Å². The molecule has 0 spiro atoms. The van der Waals surface area contributed by atoms with Crippen molar-refractivity contribution in [2.45, 2.75) is 0 Å². The van der Waals surface area contributed by atoms with Crippen molar-refractivity contribution in [3.63, 3.8) is 0 Å². The Balaban J connectivity index is 0.000000280. The quantitative estimate of drug-likeness (QED) is 0.561. The van der Waals surface area contributed by atoms with Crippen molar-refractivity contribution in [3.05, 3.63) is 18.5 Å². The lowest BCUT2D eigenvalue weighted by Gasteiger charge is -2.26. The molecule has 0 atom stereocenters. The summed E-state index contributed by atoms with van der Waals surface area (Å²) in [6.07, 6.45) is 3.56. The molecule has 2 heterocycles. The lowest BCUT2D eigenvalue weighted by molar-refractivity contribution is 0.256. The third kappa shape index (κ3) is 4.56. The maximum Gasteiger partial charge on any atom is 0.309 e. The summed E-state index contributed by atoms with van der Waals surface area (Å²) in [5.41, 5.74) is 8.50. The number of hydrogen-bond acceptors (Lipinski definition) is 5. The molecule has 2 rings (SSSR count). The van der Waals surface area contributed by atoms with Crippen molar-refractivity contribution in [1.29, 1.82) is 0 Å². The molecule has 0 radical (unpaired) electrons. The van der Waals surface area contributed by atoms with Crippen LogP contribution in [0.5, 0.6) is 0 Å². The molecule has 1 aliphatic rings. The van der Waals surface area contributed by atoms with Crippen LogP contribution < -0.4 is 21.7 Å². The van der Waals surface area contributed by atoms with Crippen molar-refractivity contribution in [2.75, 3.05) is 31.1 Å². The summed E-state index contributed by atoms with van der Waals surface area (Å²) in [4.78, 5) is 19.6. The Labute approximate surface area is 93.8 Å². The molecule has 16 heavy (non-hydrogen) atoms. The van der Waals surface area contributed by atoms with Crippen molar-refractivity contribution >= 4 is 12.0 Å². The van der Waals surface area contributed by atoms with Crippen molar-refractivity contribution in [2.24, 2.45) is 11.5 Å². The number of amides is 2. The van der Waals surface area contributed by atoms with Gasteiger partial charge in [0.15, 0.2) is 0 Å². The molecule has 1 aromatic rings. The second kappa shape index (κ2) is 6.57. The topological polar surface area (TPSA) is 110 Å². The fraction of sp³-hybridized carbons (Fsp3) is 0.444. The van der Waals surface area contributed by atoms with Gasteiger partial charge in [-0.2, -0.15) is 0 Å². The zero-order valence-corrected chi connectivity index (χ0v) is 8.97. The number of carbonyl (C=O) groups excluding carboxylic acids is 1. The molecular formula is C9H16N6O. The van der Waals surface area contributed by atoms with Crippen LogP contribution in [0.25, 0.3) is 0 Å². The molecule has 0 aliphatic carbocycles. The van der Waals surface area contributed by atoms with E-state index in [2.05, 4.69) is 31.7 Å². The van der Waals surface area contributed by atoms with Crippen molar-refractivity contribution in [3.8, 4) is 0 Å². The van der Waals surface area contributed by atoms with Crippen LogP contribution in [0.3, 0.4) is 0 Å². The van der Waals surface area contributed by atoms with Gasteiger partial charge in [0.05, 0.1) is 0 Å². The molecule has 0 bridgehead atoms. The minimum Gasteiger partial charge on any atom is -0.352 e. The number of anilines is 1. The molecule has 88 valence electrons. The van der Waals surface area contributed by atoms with Gasteiger partial charge in [0.25, 0.3) is 0 Å². The van der Waals surface area contributed by atoms with Gasteiger partial charge in [-0.1, -0.05) is 0 Å². The highest BCUT2D eigenvalue weighted by Gasteiger charge is 2.11. The van der Waals surface area contributed by atoms with Crippen LogP contribution in [0.4, 0.5) is 10.7 Å². The monoisotopic (exact) mass is 224 g/mol. The second-order valence-corrected chi connectivity index (χ2v) is 3.19. The fourth-order valence-electron chi connectivity index (χ4n) is 1.32. The van der Waals surface area contributed by atoms with Crippen LogP contribution in [-0.4, -0.2) is 42.2 Å². The van der Waals surface area contributed by atoms with Gasteiger partial charge in [-0.25, -0.2) is 14.8 Å². The second-order valence-electron chi connectivity index (χ2n) is 3.19. The average Bonchev–Trinajstić information content (AvgIpc) is 2.31. The van der Waals surface area contributed by atoms with Gasteiger partial charge in [-0.3, -0.25) is 0 Å². The van der Waals surface area contributed by atoms with Crippen LogP contribution in [0, 0.1) is 0 Å².